The van der Waals surface area contributed by atoms with Gasteiger partial charge < -0.3 is 10.0 Å². The molecule has 0 aliphatic rings. The second kappa shape index (κ2) is 7.66. The number of hydrogen-bond donors (Lipinski definition) is 0. The summed E-state index contributed by atoms with van der Waals surface area (Å²) in [6, 6.07) is 0. The molecule has 0 saturated heterocycles. The minimum Gasteiger partial charge on any atom is -0.841 e. The van der Waals surface area contributed by atoms with Crippen LogP contribution in [-0.4, -0.2) is 24.2 Å². The maximum absolute atomic E-state index is 10.6. The standard InChI is InChI=1S/C6H14NO.K/c1-4-7(5-2)6(3)8;/h6H,4-5H2,1-3H3;/q-1;+1. The molecule has 0 radical (unpaired) electrons. The Kier molecular flexibility index (Phi) is 11.2. The minimum absolute atomic E-state index is 0. The molecule has 9 heavy (non-hydrogen) atoms. The molecule has 1 unspecified atom stereocenters. The van der Waals surface area contributed by atoms with Crippen LogP contribution in [0.25, 0.3) is 0 Å². The quantitative estimate of drug-likeness (QED) is 0.321. The molecular weight excluding hydrogens is 141 g/mol. The zero-order valence-electron chi connectivity index (χ0n) is 6.85. The SMILES string of the molecule is CCN(CC)C(C)[O-].[K+]. The Morgan fingerprint density at radius 2 is 1.67 bits per heavy atom. The van der Waals surface area contributed by atoms with Crippen LogP contribution in [0, 0.1) is 0 Å². The first-order valence-corrected chi connectivity index (χ1v) is 3.12. The van der Waals surface area contributed by atoms with Gasteiger partial charge in [0.15, 0.2) is 0 Å². The summed E-state index contributed by atoms with van der Waals surface area (Å²) >= 11 is 0. The third kappa shape index (κ3) is 5.97. The van der Waals surface area contributed by atoms with E-state index < -0.39 is 6.23 Å². The summed E-state index contributed by atoms with van der Waals surface area (Å²) in [5.41, 5.74) is 0. The van der Waals surface area contributed by atoms with Crippen LogP contribution in [0.1, 0.15) is 20.8 Å². The second-order valence-corrected chi connectivity index (χ2v) is 1.82. The maximum Gasteiger partial charge on any atom is 1.00 e. The summed E-state index contributed by atoms with van der Waals surface area (Å²) in [7, 11) is 0. The Balaban J connectivity index is 0. The molecule has 0 fully saturated rings. The van der Waals surface area contributed by atoms with Gasteiger partial charge in [0, 0.05) is 0 Å². The van der Waals surface area contributed by atoms with Crippen molar-refractivity contribution in [3.05, 3.63) is 0 Å². The average molecular weight is 155 g/mol. The van der Waals surface area contributed by atoms with E-state index in [4.69, 9.17) is 0 Å². The summed E-state index contributed by atoms with van der Waals surface area (Å²) in [6.07, 6.45) is -0.537. The van der Waals surface area contributed by atoms with Crippen molar-refractivity contribution in [1.82, 2.24) is 4.90 Å². The molecule has 0 amide bonds. The Hall–Kier alpha value is 1.56. The van der Waals surface area contributed by atoms with Crippen molar-refractivity contribution in [2.45, 2.75) is 27.0 Å². The van der Waals surface area contributed by atoms with Crippen LogP contribution in [0.5, 0.6) is 0 Å². The average Bonchev–Trinajstić information content (AvgIpc) is 1.69. The Labute approximate surface area is 100 Å². The first-order chi connectivity index (χ1) is 3.72. The van der Waals surface area contributed by atoms with Crippen LogP contribution in [0.15, 0.2) is 0 Å². The third-order valence-corrected chi connectivity index (χ3v) is 1.33. The van der Waals surface area contributed by atoms with Crippen LogP contribution in [0.3, 0.4) is 0 Å². The van der Waals surface area contributed by atoms with Gasteiger partial charge in [0.05, 0.1) is 0 Å². The Morgan fingerprint density at radius 3 is 1.67 bits per heavy atom. The summed E-state index contributed by atoms with van der Waals surface area (Å²) in [6.45, 7) is 7.39. The van der Waals surface area contributed by atoms with Gasteiger partial charge >= 0.3 is 51.4 Å². The molecule has 0 aromatic rings. The topological polar surface area (TPSA) is 26.3 Å². The van der Waals surface area contributed by atoms with Gasteiger partial charge in [0.1, 0.15) is 0 Å². The number of nitrogens with zero attached hydrogens (tertiary/aromatic N) is 1. The molecule has 0 saturated carbocycles. The van der Waals surface area contributed by atoms with Crippen LogP contribution >= 0.6 is 0 Å². The number of hydrogen-bond acceptors (Lipinski definition) is 2. The van der Waals surface area contributed by atoms with Crippen molar-refractivity contribution in [3.63, 3.8) is 0 Å². The Morgan fingerprint density at radius 1 is 1.33 bits per heavy atom. The van der Waals surface area contributed by atoms with E-state index >= 15 is 0 Å². The van der Waals surface area contributed by atoms with Gasteiger partial charge in [0.25, 0.3) is 0 Å². The van der Waals surface area contributed by atoms with E-state index in [9.17, 15) is 5.11 Å². The summed E-state index contributed by atoms with van der Waals surface area (Å²) < 4.78 is 0. The van der Waals surface area contributed by atoms with Crippen LogP contribution in [0.2, 0.25) is 0 Å². The molecule has 0 aliphatic heterocycles. The van der Waals surface area contributed by atoms with Gasteiger partial charge in [-0.2, -0.15) is 0 Å². The van der Waals surface area contributed by atoms with E-state index in [0.717, 1.165) is 13.1 Å². The molecule has 0 heterocycles. The van der Waals surface area contributed by atoms with Crippen molar-refractivity contribution < 1.29 is 56.5 Å². The predicted molar refractivity (Wildman–Crippen MR) is 32.4 cm³/mol. The minimum atomic E-state index is -0.537. The molecule has 3 heteroatoms. The van der Waals surface area contributed by atoms with E-state index in [-0.39, 0.29) is 51.4 Å². The van der Waals surface area contributed by atoms with Gasteiger partial charge in [-0.15, -0.1) is 0 Å². The third-order valence-electron chi connectivity index (χ3n) is 1.33. The van der Waals surface area contributed by atoms with Crippen LogP contribution in [-0.2, 0) is 0 Å². The van der Waals surface area contributed by atoms with Crippen molar-refractivity contribution in [2.75, 3.05) is 13.1 Å². The zero-order valence-corrected chi connectivity index (χ0v) is 9.97. The van der Waals surface area contributed by atoms with Gasteiger partial charge in [-0.3, -0.25) is 0 Å². The molecule has 0 N–H and O–H groups in total. The van der Waals surface area contributed by atoms with E-state index in [1.54, 1.807) is 6.92 Å². The molecule has 2 nitrogen and oxygen atoms in total. The molecule has 50 valence electrons. The fourth-order valence-electron chi connectivity index (χ4n) is 0.738. The monoisotopic (exact) mass is 155 g/mol. The molecule has 0 aromatic heterocycles. The fourth-order valence-corrected chi connectivity index (χ4v) is 0.738. The van der Waals surface area contributed by atoms with Gasteiger partial charge in [-0.25, -0.2) is 0 Å². The van der Waals surface area contributed by atoms with E-state index in [0.29, 0.717) is 0 Å². The summed E-state index contributed by atoms with van der Waals surface area (Å²) in [5, 5.41) is 10.6. The number of rotatable bonds is 3. The Bertz CT molecular complexity index is 55.0. The molecule has 1 atom stereocenters. The molecule has 0 aromatic carbocycles. The van der Waals surface area contributed by atoms with Gasteiger partial charge in [0.2, 0.25) is 0 Å². The second-order valence-electron chi connectivity index (χ2n) is 1.82. The van der Waals surface area contributed by atoms with E-state index in [1.165, 1.54) is 0 Å². The van der Waals surface area contributed by atoms with E-state index in [2.05, 4.69) is 0 Å². The molecular formula is C6H14KNO. The largest absolute Gasteiger partial charge is 1.00 e. The summed E-state index contributed by atoms with van der Waals surface area (Å²) in [4.78, 5) is 1.86. The van der Waals surface area contributed by atoms with Crippen molar-refractivity contribution in [3.8, 4) is 0 Å². The van der Waals surface area contributed by atoms with Crippen LogP contribution in [0.4, 0.5) is 0 Å². The first-order valence-electron chi connectivity index (χ1n) is 3.12. The van der Waals surface area contributed by atoms with Crippen molar-refractivity contribution in [2.24, 2.45) is 0 Å². The molecule has 0 rings (SSSR count). The summed E-state index contributed by atoms with van der Waals surface area (Å²) in [5.74, 6) is 0. The molecule has 0 bridgehead atoms. The molecule has 0 spiro atoms. The van der Waals surface area contributed by atoms with E-state index in [1.807, 2.05) is 18.7 Å². The predicted octanol–water partition coefficient (Wildman–Crippen LogP) is -2.96. The van der Waals surface area contributed by atoms with Crippen molar-refractivity contribution >= 4 is 0 Å². The smallest absolute Gasteiger partial charge is 0.841 e. The van der Waals surface area contributed by atoms with Crippen molar-refractivity contribution in [1.29, 1.82) is 0 Å². The maximum atomic E-state index is 10.6. The van der Waals surface area contributed by atoms with Gasteiger partial charge in [-0.1, -0.05) is 27.0 Å². The fraction of sp³-hybridized carbons (Fsp3) is 1.00. The molecule has 0 aliphatic carbocycles. The first kappa shape index (κ1) is 13.2. The van der Waals surface area contributed by atoms with Gasteiger partial charge in [-0.05, 0) is 13.1 Å². The van der Waals surface area contributed by atoms with Crippen LogP contribution < -0.4 is 56.5 Å². The normalized spacial score (nSPS) is 13.0. The zero-order chi connectivity index (χ0) is 6.57.